The smallest absolute Gasteiger partial charge is 0.328 e. The molecule has 27 heavy (non-hydrogen) atoms. The van der Waals surface area contributed by atoms with Crippen molar-refractivity contribution in [1.29, 1.82) is 0 Å². The highest BCUT2D eigenvalue weighted by molar-refractivity contribution is 5.85. The first-order valence-corrected chi connectivity index (χ1v) is 9.01. The summed E-state index contributed by atoms with van der Waals surface area (Å²) in [6, 6.07) is 14.7. The molecule has 0 aliphatic carbocycles. The molecule has 0 saturated heterocycles. The standard InChI is InChI=1S/C22H24O5/c1-2-3-15-26-20-16-18(10-13-21(23)24)9-12-19(20)27-22(25)14-11-17-7-5-4-6-8-17/h4-10,12-13,16H,2-3,11,14-15H2,1H3,(H,23,24)/b13-10+. The van der Waals surface area contributed by atoms with E-state index in [4.69, 9.17) is 14.6 Å². The van der Waals surface area contributed by atoms with Crippen molar-refractivity contribution >= 4 is 18.0 Å². The number of hydrogen-bond donors (Lipinski definition) is 1. The number of ether oxygens (including phenoxy) is 2. The van der Waals surface area contributed by atoms with Gasteiger partial charge in [0.05, 0.1) is 6.61 Å². The van der Waals surface area contributed by atoms with E-state index in [1.807, 2.05) is 30.3 Å². The molecule has 0 saturated carbocycles. The predicted octanol–water partition coefficient (Wildman–Crippen LogP) is 4.50. The Morgan fingerprint density at radius 2 is 1.85 bits per heavy atom. The van der Waals surface area contributed by atoms with Crippen LogP contribution in [0.3, 0.4) is 0 Å². The number of hydrogen-bond acceptors (Lipinski definition) is 4. The Hall–Kier alpha value is -3.08. The van der Waals surface area contributed by atoms with Gasteiger partial charge in [0.1, 0.15) is 0 Å². The van der Waals surface area contributed by atoms with E-state index >= 15 is 0 Å². The molecule has 0 aliphatic rings. The summed E-state index contributed by atoms with van der Waals surface area (Å²) in [6.07, 6.45) is 5.23. The maximum absolute atomic E-state index is 12.2. The van der Waals surface area contributed by atoms with Gasteiger partial charge in [-0.05, 0) is 42.2 Å². The van der Waals surface area contributed by atoms with Gasteiger partial charge in [0.2, 0.25) is 0 Å². The van der Waals surface area contributed by atoms with Crippen molar-refractivity contribution < 1.29 is 24.2 Å². The lowest BCUT2D eigenvalue weighted by atomic mass is 10.1. The van der Waals surface area contributed by atoms with Crippen LogP contribution in [-0.4, -0.2) is 23.7 Å². The first-order valence-electron chi connectivity index (χ1n) is 9.01. The minimum atomic E-state index is -1.03. The fraction of sp³-hybridized carbons (Fsp3) is 0.273. The molecule has 5 heteroatoms. The number of rotatable bonds is 10. The first-order chi connectivity index (χ1) is 13.1. The van der Waals surface area contributed by atoms with Crippen molar-refractivity contribution in [3.05, 3.63) is 65.7 Å². The van der Waals surface area contributed by atoms with Crippen LogP contribution in [0.1, 0.15) is 37.3 Å². The molecule has 2 aromatic rings. The molecular formula is C22H24O5. The van der Waals surface area contributed by atoms with Gasteiger partial charge in [-0.1, -0.05) is 49.7 Å². The third kappa shape index (κ3) is 7.36. The highest BCUT2D eigenvalue weighted by atomic mass is 16.6. The van der Waals surface area contributed by atoms with E-state index in [1.54, 1.807) is 18.2 Å². The molecular weight excluding hydrogens is 344 g/mol. The Morgan fingerprint density at radius 3 is 2.56 bits per heavy atom. The molecule has 0 unspecified atom stereocenters. The number of benzene rings is 2. The van der Waals surface area contributed by atoms with Crippen LogP contribution in [0.5, 0.6) is 11.5 Å². The lowest BCUT2D eigenvalue weighted by Gasteiger charge is -2.12. The zero-order chi connectivity index (χ0) is 19.5. The van der Waals surface area contributed by atoms with Gasteiger partial charge in [0.15, 0.2) is 11.5 Å². The second-order valence-corrected chi connectivity index (χ2v) is 6.04. The Bertz CT molecular complexity index is 781. The van der Waals surface area contributed by atoms with E-state index in [0.29, 0.717) is 30.1 Å². The van der Waals surface area contributed by atoms with Crippen LogP contribution in [0.15, 0.2) is 54.6 Å². The summed E-state index contributed by atoms with van der Waals surface area (Å²) in [7, 11) is 0. The molecule has 5 nitrogen and oxygen atoms in total. The average molecular weight is 368 g/mol. The van der Waals surface area contributed by atoms with E-state index < -0.39 is 5.97 Å². The van der Waals surface area contributed by atoms with Crippen LogP contribution in [-0.2, 0) is 16.0 Å². The van der Waals surface area contributed by atoms with Crippen LogP contribution in [0.4, 0.5) is 0 Å². The number of carbonyl (C=O) groups excluding carboxylic acids is 1. The number of aryl methyl sites for hydroxylation is 1. The third-order valence-electron chi connectivity index (χ3n) is 3.83. The van der Waals surface area contributed by atoms with Crippen LogP contribution < -0.4 is 9.47 Å². The summed E-state index contributed by atoms with van der Waals surface area (Å²) < 4.78 is 11.2. The van der Waals surface area contributed by atoms with Crippen molar-refractivity contribution in [3.8, 4) is 11.5 Å². The minimum absolute atomic E-state index is 0.263. The molecule has 0 aliphatic heterocycles. The fourth-order valence-electron chi connectivity index (χ4n) is 2.38. The lowest BCUT2D eigenvalue weighted by Crippen LogP contribution is -2.10. The summed E-state index contributed by atoms with van der Waals surface area (Å²) >= 11 is 0. The molecule has 1 N–H and O–H groups in total. The van der Waals surface area contributed by atoms with Gasteiger partial charge in [-0.25, -0.2) is 4.79 Å². The molecule has 0 fully saturated rings. The molecule has 0 bridgehead atoms. The molecule has 0 atom stereocenters. The highest BCUT2D eigenvalue weighted by Gasteiger charge is 2.12. The summed E-state index contributed by atoms with van der Waals surface area (Å²) in [4.78, 5) is 22.9. The molecule has 2 rings (SSSR count). The Balaban J connectivity index is 2.05. The van der Waals surface area contributed by atoms with Crippen molar-refractivity contribution in [1.82, 2.24) is 0 Å². The van der Waals surface area contributed by atoms with Crippen molar-refractivity contribution in [2.45, 2.75) is 32.6 Å². The summed E-state index contributed by atoms with van der Waals surface area (Å²) in [5.74, 6) is -0.589. The lowest BCUT2D eigenvalue weighted by molar-refractivity contribution is -0.134. The zero-order valence-electron chi connectivity index (χ0n) is 15.4. The van der Waals surface area contributed by atoms with Gasteiger partial charge < -0.3 is 14.6 Å². The second-order valence-electron chi connectivity index (χ2n) is 6.04. The number of carboxylic acids is 1. The van der Waals surface area contributed by atoms with Crippen molar-refractivity contribution in [3.63, 3.8) is 0 Å². The molecule has 0 spiro atoms. The molecule has 142 valence electrons. The van der Waals surface area contributed by atoms with Gasteiger partial charge in [0.25, 0.3) is 0 Å². The van der Waals surface area contributed by atoms with E-state index in [9.17, 15) is 9.59 Å². The van der Waals surface area contributed by atoms with E-state index in [2.05, 4.69) is 6.92 Å². The van der Waals surface area contributed by atoms with Crippen molar-refractivity contribution in [2.24, 2.45) is 0 Å². The monoisotopic (exact) mass is 368 g/mol. The largest absolute Gasteiger partial charge is 0.490 e. The number of carboxylic acid groups (broad SMARTS) is 1. The number of unbranched alkanes of at least 4 members (excludes halogenated alkanes) is 1. The SMILES string of the molecule is CCCCOc1cc(/C=C/C(=O)O)ccc1OC(=O)CCc1ccccc1. The second kappa shape index (κ2) is 10.8. The van der Waals surface area contributed by atoms with Gasteiger partial charge in [-0.3, -0.25) is 4.79 Å². The molecule has 0 radical (unpaired) electrons. The van der Waals surface area contributed by atoms with Gasteiger partial charge >= 0.3 is 11.9 Å². The van der Waals surface area contributed by atoms with Crippen LogP contribution in [0.2, 0.25) is 0 Å². The van der Waals surface area contributed by atoms with E-state index in [1.165, 1.54) is 6.08 Å². The number of esters is 1. The molecule has 0 heterocycles. The number of carbonyl (C=O) groups is 2. The van der Waals surface area contributed by atoms with Gasteiger partial charge in [-0.2, -0.15) is 0 Å². The normalized spacial score (nSPS) is 10.7. The molecule has 2 aromatic carbocycles. The summed E-state index contributed by atoms with van der Waals surface area (Å²) in [5, 5.41) is 8.76. The first kappa shape index (κ1) is 20.2. The zero-order valence-corrected chi connectivity index (χ0v) is 15.4. The van der Waals surface area contributed by atoms with Crippen molar-refractivity contribution in [2.75, 3.05) is 6.61 Å². The van der Waals surface area contributed by atoms with Gasteiger partial charge in [0, 0.05) is 12.5 Å². The summed E-state index contributed by atoms with van der Waals surface area (Å²) in [6.45, 7) is 2.55. The Labute approximate surface area is 159 Å². The predicted molar refractivity (Wildman–Crippen MR) is 104 cm³/mol. The number of aliphatic carboxylic acids is 1. The van der Waals surface area contributed by atoms with Crippen LogP contribution >= 0.6 is 0 Å². The molecule has 0 amide bonds. The maximum atomic E-state index is 12.2. The Kier molecular flexibility index (Phi) is 8.10. The fourth-order valence-corrected chi connectivity index (χ4v) is 2.38. The minimum Gasteiger partial charge on any atom is -0.490 e. The third-order valence-corrected chi connectivity index (χ3v) is 3.83. The van der Waals surface area contributed by atoms with E-state index in [0.717, 1.165) is 24.5 Å². The topological polar surface area (TPSA) is 72.8 Å². The van der Waals surface area contributed by atoms with E-state index in [-0.39, 0.29) is 12.4 Å². The Morgan fingerprint density at radius 1 is 1.07 bits per heavy atom. The summed E-state index contributed by atoms with van der Waals surface area (Å²) in [5.41, 5.74) is 1.73. The highest BCUT2D eigenvalue weighted by Crippen LogP contribution is 2.29. The average Bonchev–Trinajstić information content (AvgIpc) is 2.67. The molecule has 0 aromatic heterocycles. The van der Waals surface area contributed by atoms with Gasteiger partial charge in [-0.15, -0.1) is 0 Å². The maximum Gasteiger partial charge on any atom is 0.328 e. The van der Waals surface area contributed by atoms with Crippen LogP contribution in [0, 0.1) is 0 Å². The van der Waals surface area contributed by atoms with Crippen LogP contribution in [0.25, 0.3) is 6.08 Å². The quantitative estimate of drug-likeness (QED) is 0.289.